The first-order valence-electron chi connectivity index (χ1n) is 10.8. The molecule has 0 saturated carbocycles. The van der Waals surface area contributed by atoms with Gasteiger partial charge in [0.25, 0.3) is 0 Å². The number of alkyl halides is 6. The summed E-state index contributed by atoms with van der Waals surface area (Å²) in [6, 6.07) is 7.92. The van der Waals surface area contributed by atoms with Gasteiger partial charge in [-0.3, -0.25) is 4.90 Å². The molecular weight excluding hydrogens is 528 g/mol. The normalized spacial score (nSPS) is 13.6. The van der Waals surface area contributed by atoms with Gasteiger partial charge in [0, 0.05) is 44.4 Å². The van der Waals surface area contributed by atoms with Gasteiger partial charge in [0.15, 0.2) is 0 Å². The van der Waals surface area contributed by atoms with Crippen LogP contribution in [0.25, 0.3) is 0 Å². The molecule has 1 aliphatic heterocycles. The highest BCUT2D eigenvalue weighted by atomic mass is 19.4. The van der Waals surface area contributed by atoms with Gasteiger partial charge in [0.1, 0.15) is 11.6 Å². The van der Waals surface area contributed by atoms with Gasteiger partial charge in [-0.05, 0) is 18.2 Å². The Balaban J connectivity index is 0.000000301. The number of aliphatic carboxylic acids is 2. The molecule has 3 aromatic heterocycles. The Bertz CT molecular complexity index is 1130. The van der Waals surface area contributed by atoms with Crippen LogP contribution >= 0.6 is 0 Å². The maximum Gasteiger partial charge on any atom is 0.490 e. The van der Waals surface area contributed by atoms with Gasteiger partial charge in [-0.2, -0.15) is 26.3 Å². The van der Waals surface area contributed by atoms with Crippen LogP contribution in [0.1, 0.15) is 17.1 Å². The fourth-order valence-electron chi connectivity index (χ4n) is 3.13. The minimum Gasteiger partial charge on any atom is -0.475 e. The molecule has 0 aromatic carbocycles. The summed E-state index contributed by atoms with van der Waals surface area (Å²) in [5, 5.41) is 17.6. The summed E-state index contributed by atoms with van der Waals surface area (Å²) in [7, 11) is 0. The second-order valence-electron chi connectivity index (χ2n) is 7.65. The van der Waals surface area contributed by atoms with E-state index in [2.05, 4.69) is 24.8 Å². The number of aromatic nitrogens is 3. The number of nitrogens with zero attached hydrogens (tertiary/aromatic N) is 4. The Hall–Kier alpha value is -4.08. The van der Waals surface area contributed by atoms with Crippen molar-refractivity contribution in [2.45, 2.75) is 38.4 Å². The molecule has 0 fully saturated rings. The highest BCUT2D eigenvalue weighted by molar-refractivity contribution is 5.73. The zero-order valence-corrected chi connectivity index (χ0v) is 19.5. The number of fused-ring (bicyclic) bond motifs is 1. The maximum absolute atomic E-state index is 10.6. The topological polar surface area (TPSA) is 134 Å². The molecule has 0 amide bonds. The zero-order valence-electron chi connectivity index (χ0n) is 19.5. The van der Waals surface area contributed by atoms with Crippen molar-refractivity contribution < 1.29 is 50.6 Å². The highest BCUT2D eigenvalue weighted by Gasteiger charge is 2.38. The minimum atomic E-state index is -5.08. The van der Waals surface area contributed by atoms with E-state index < -0.39 is 24.3 Å². The summed E-state index contributed by atoms with van der Waals surface area (Å²) in [6.45, 7) is 4.68. The van der Waals surface area contributed by atoms with Crippen LogP contribution in [0.5, 0.6) is 0 Å². The lowest BCUT2D eigenvalue weighted by molar-refractivity contribution is -0.193. The van der Waals surface area contributed by atoms with E-state index in [9.17, 15) is 26.3 Å². The van der Waals surface area contributed by atoms with E-state index in [1.807, 2.05) is 36.7 Å². The molecule has 3 aromatic rings. The monoisotopic (exact) mass is 551 g/mol. The summed E-state index contributed by atoms with van der Waals surface area (Å²) in [5.41, 5.74) is 2.44. The van der Waals surface area contributed by atoms with Gasteiger partial charge in [-0.25, -0.2) is 19.6 Å². The van der Waals surface area contributed by atoms with Crippen molar-refractivity contribution in [2.24, 2.45) is 0 Å². The lowest BCUT2D eigenvalue weighted by Crippen LogP contribution is -2.26. The van der Waals surface area contributed by atoms with Crippen molar-refractivity contribution in [1.29, 1.82) is 0 Å². The average Bonchev–Trinajstić information content (AvgIpc) is 3.44. The minimum absolute atomic E-state index is 0.742. The van der Waals surface area contributed by atoms with Crippen LogP contribution in [0.3, 0.4) is 0 Å². The Morgan fingerprint density at radius 2 is 1.63 bits per heavy atom. The van der Waals surface area contributed by atoms with E-state index in [1.165, 1.54) is 17.1 Å². The molecule has 208 valence electrons. The van der Waals surface area contributed by atoms with Gasteiger partial charge in [-0.1, -0.05) is 6.07 Å². The average molecular weight is 551 g/mol. The number of rotatable bonds is 5. The first-order chi connectivity index (χ1) is 17.8. The van der Waals surface area contributed by atoms with Crippen LogP contribution in [0.2, 0.25) is 0 Å². The molecular formula is C22H23F6N5O5. The molecule has 1 aliphatic rings. The first-order valence-corrected chi connectivity index (χ1v) is 10.8. The zero-order chi connectivity index (χ0) is 28.3. The van der Waals surface area contributed by atoms with Crippen molar-refractivity contribution in [3.8, 4) is 0 Å². The SMILES string of the molecule is O=C(O)C(F)(F)F.O=C(O)C(F)(F)F.c1ccc(NCc2cnc3n2CCN(Cc2ccoc2)CC3)nc1. The van der Waals surface area contributed by atoms with Crippen LogP contribution in [0, 0.1) is 0 Å². The molecule has 16 heteroatoms. The van der Waals surface area contributed by atoms with Gasteiger partial charge in [0.05, 0.1) is 31.0 Å². The van der Waals surface area contributed by atoms with Gasteiger partial charge < -0.3 is 24.5 Å². The van der Waals surface area contributed by atoms with Crippen LogP contribution in [-0.4, -0.2) is 67.0 Å². The maximum atomic E-state index is 10.6. The van der Waals surface area contributed by atoms with Crippen molar-refractivity contribution in [3.63, 3.8) is 0 Å². The number of pyridine rings is 1. The summed E-state index contributed by atoms with van der Waals surface area (Å²) < 4.78 is 71.0. The van der Waals surface area contributed by atoms with Crippen molar-refractivity contribution in [2.75, 3.05) is 18.4 Å². The van der Waals surface area contributed by atoms with Crippen molar-refractivity contribution in [1.82, 2.24) is 19.4 Å². The number of furan rings is 1. The van der Waals surface area contributed by atoms with Gasteiger partial charge in [-0.15, -0.1) is 0 Å². The number of hydrogen-bond donors (Lipinski definition) is 3. The number of carbonyl (C=O) groups is 2. The second kappa shape index (κ2) is 13.5. The number of carboxylic acid groups (broad SMARTS) is 2. The van der Waals surface area contributed by atoms with E-state index in [1.54, 1.807) is 12.5 Å². The standard InChI is InChI=1S/C18H21N5O.2C2HF3O2/c1-2-6-19-17(3-1)20-11-16-12-21-18-4-7-22(8-9-23(16)18)13-15-5-10-24-14-15;2*3-2(4,5)1(6)7/h1-3,5-6,10,12,14H,4,7-9,11,13H2,(H,19,20);2*(H,6,7). The third kappa shape index (κ3) is 10.1. The predicted molar refractivity (Wildman–Crippen MR) is 119 cm³/mol. The Kier molecular flexibility index (Phi) is 10.7. The Morgan fingerprint density at radius 1 is 0.974 bits per heavy atom. The lowest BCUT2D eigenvalue weighted by atomic mass is 10.3. The second-order valence-corrected chi connectivity index (χ2v) is 7.65. The molecule has 4 heterocycles. The summed E-state index contributed by atoms with van der Waals surface area (Å²) in [4.78, 5) is 29.2. The van der Waals surface area contributed by atoms with E-state index >= 15 is 0 Å². The van der Waals surface area contributed by atoms with Crippen LogP contribution in [-0.2, 0) is 35.6 Å². The third-order valence-corrected chi connectivity index (χ3v) is 4.90. The molecule has 0 unspecified atom stereocenters. The molecule has 0 spiro atoms. The number of anilines is 1. The predicted octanol–water partition coefficient (Wildman–Crippen LogP) is 3.81. The van der Waals surface area contributed by atoms with Crippen LogP contribution in [0.4, 0.5) is 32.2 Å². The van der Waals surface area contributed by atoms with Crippen LogP contribution < -0.4 is 5.32 Å². The fraction of sp³-hybridized carbons (Fsp3) is 0.364. The number of carboxylic acids is 2. The summed E-state index contributed by atoms with van der Waals surface area (Å²) in [6.07, 6.45) is -1.85. The molecule has 0 atom stereocenters. The Morgan fingerprint density at radius 3 is 2.16 bits per heavy atom. The van der Waals surface area contributed by atoms with Crippen LogP contribution in [0.15, 0.2) is 53.6 Å². The lowest BCUT2D eigenvalue weighted by Gasteiger charge is -2.18. The Labute approximate surface area is 211 Å². The number of hydrogen-bond acceptors (Lipinski definition) is 7. The number of imidazole rings is 1. The molecule has 38 heavy (non-hydrogen) atoms. The first kappa shape index (κ1) is 30.1. The van der Waals surface area contributed by atoms with E-state index in [0.717, 1.165) is 45.0 Å². The molecule has 10 nitrogen and oxygen atoms in total. The number of nitrogens with one attached hydrogen (secondary N) is 1. The van der Waals surface area contributed by atoms with Gasteiger partial charge in [0.2, 0.25) is 0 Å². The van der Waals surface area contributed by atoms with E-state index in [0.29, 0.717) is 0 Å². The van der Waals surface area contributed by atoms with E-state index in [4.69, 9.17) is 24.2 Å². The molecule has 0 bridgehead atoms. The molecule has 0 aliphatic carbocycles. The van der Waals surface area contributed by atoms with E-state index in [-0.39, 0.29) is 0 Å². The highest BCUT2D eigenvalue weighted by Crippen LogP contribution is 2.16. The molecule has 4 rings (SSSR count). The van der Waals surface area contributed by atoms with Crippen molar-refractivity contribution >= 4 is 17.8 Å². The smallest absolute Gasteiger partial charge is 0.475 e. The molecule has 0 radical (unpaired) electrons. The quantitative estimate of drug-likeness (QED) is 0.405. The third-order valence-electron chi connectivity index (χ3n) is 4.90. The molecule has 3 N–H and O–H groups in total. The summed E-state index contributed by atoms with van der Waals surface area (Å²) >= 11 is 0. The largest absolute Gasteiger partial charge is 0.490 e. The fourth-order valence-corrected chi connectivity index (χ4v) is 3.13. The van der Waals surface area contributed by atoms with Crippen molar-refractivity contribution in [3.05, 3.63) is 66.3 Å². The summed E-state index contributed by atoms with van der Waals surface area (Å²) in [5.74, 6) is -3.45. The van der Waals surface area contributed by atoms with Gasteiger partial charge >= 0.3 is 24.3 Å². The molecule has 0 saturated heterocycles. The number of halogens is 6.